The van der Waals surface area contributed by atoms with E-state index in [9.17, 15) is 30.0 Å². The van der Waals surface area contributed by atoms with E-state index in [0.717, 1.165) is 24.2 Å². The molecule has 0 saturated carbocycles. The largest absolute Gasteiger partial charge is 0.465 e. The van der Waals surface area contributed by atoms with Gasteiger partial charge in [-0.15, -0.1) is 24.9 Å². The normalized spacial score (nSPS) is 35.5. The first-order valence-electron chi connectivity index (χ1n) is 14.3. The van der Waals surface area contributed by atoms with Crippen LogP contribution in [0.25, 0.3) is 0 Å². The molecule has 1 unspecified atom stereocenters. The third-order valence-electron chi connectivity index (χ3n) is 8.34. The molecule has 0 radical (unpaired) electrons. The van der Waals surface area contributed by atoms with E-state index in [1.54, 1.807) is 12.2 Å². The van der Waals surface area contributed by atoms with Gasteiger partial charge in [0.2, 0.25) is 5.91 Å². The van der Waals surface area contributed by atoms with Crippen LogP contribution in [0.3, 0.4) is 0 Å². The van der Waals surface area contributed by atoms with Gasteiger partial charge in [-0.3, -0.25) is 9.69 Å². The minimum absolute atomic E-state index is 0.102. The Bertz CT molecular complexity index is 901. The summed E-state index contributed by atoms with van der Waals surface area (Å²) in [6.45, 7) is 16.4. The van der Waals surface area contributed by atoms with Gasteiger partial charge in [-0.05, 0) is 42.9 Å². The van der Waals surface area contributed by atoms with Crippen LogP contribution in [-0.4, -0.2) is 104 Å². The summed E-state index contributed by atoms with van der Waals surface area (Å²) in [6, 6.07) is -1.88. The van der Waals surface area contributed by atoms with Gasteiger partial charge >= 0.3 is 6.09 Å². The number of carbonyl (C=O) groups excluding carboxylic acids is 1. The number of likely N-dealkylation sites (tertiary alicyclic amines) is 1. The number of nitrogens with zero attached hydrogens (tertiary/aromatic N) is 1. The summed E-state index contributed by atoms with van der Waals surface area (Å²) >= 11 is 1.23. The first-order chi connectivity index (χ1) is 18.8. The van der Waals surface area contributed by atoms with Gasteiger partial charge in [-0.2, -0.15) is 0 Å². The van der Waals surface area contributed by atoms with E-state index in [-0.39, 0.29) is 18.9 Å². The number of aliphatic hydroxyl groups excluding tert-OH is 3. The highest BCUT2D eigenvalue weighted by molar-refractivity contribution is 7.99. The number of rotatable bonds is 11. The molecule has 40 heavy (non-hydrogen) atoms. The van der Waals surface area contributed by atoms with Crippen LogP contribution in [0.1, 0.15) is 53.4 Å². The Labute approximate surface area is 242 Å². The average molecular weight is 585 g/mol. The summed E-state index contributed by atoms with van der Waals surface area (Å²) in [5.41, 5.74) is -1.36. The molecule has 0 aliphatic carbocycles. The number of ether oxygens (including phenoxy) is 2. The molecular weight excluding hydrogens is 536 g/mol. The third kappa shape index (κ3) is 7.80. The molecule has 3 saturated heterocycles. The van der Waals surface area contributed by atoms with Crippen LogP contribution < -0.4 is 5.32 Å². The number of nitrogens with one attached hydrogen (secondary N) is 1. The molecule has 3 fully saturated rings. The standard InChI is InChI=1S/C29H48N2O8S/c1-7-11-40-27-23(34)21(32)22(33)25(39-27)19(14-29(5,6)8-2)30-26(35)20-24-18(15-31(20)28(36)37)13-17(9-10-38-24)12-16(3)4/h7-8,16-25,27,32-34H,1-2,9-15H2,3-6H3,(H,30,35)(H,36,37)/t17-,18-,19?,20-,21-,22+,23+,24+,25+,27+/m0/s1. The number of carboxylic acid groups (broad SMARTS) is 1. The molecule has 0 spiro atoms. The van der Waals surface area contributed by atoms with Crippen molar-refractivity contribution in [2.24, 2.45) is 23.2 Å². The smallest absolute Gasteiger partial charge is 0.408 e. The maximum Gasteiger partial charge on any atom is 0.408 e. The molecule has 0 aromatic rings. The van der Waals surface area contributed by atoms with Gasteiger partial charge in [-0.25, -0.2) is 4.79 Å². The monoisotopic (exact) mass is 584 g/mol. The molecule has 5 N–H and O–H groups in total. The van der Waals surface area contributed by atoms with E-state index in [1.165, 1.54) is 11.8 Å². The van der Waals surface area contributed by atoms with E-state index >= 15 is 0 Å². The van der Waals surface area contributed by atoms with E-state index in [1.807, 2.05) is 13.8 Å². The van der Waals surface area contributed by atoms with Crippen LogP contribution >= 0.6 is 11.8 Å². The Morgan fingerprint density at radius 3 is 2.48 bits per heavy atom. The minimum atomic E-state index is -1.50. The molecule has 3 heterocycles. The van der Waals surface area contributed by atoms with Crippen molar-refractivity contribution in [3.05, 3.63) is 25.3 Å². The predicted molar refractivity (Wildman–Crippen MR) is 154 cm³/mol. The SMILES string of the molecule is C=CCS[C@H]1O[C@H](C(CC(C)(C)C=C)NC(=O)[C@@H]2[C@@H]3OCC[C@@H](CC(C)C)C[C@H]3CN2C(=O)O)[C@H](O)[C@H](O)[C@H]1O. The van der Waals surface area contributed by atoms with Gasteiger partial charge in [0, 0.05) is 24.8 Å². The van der Waals surface area contributed by atoms with Crippen molar-refractivity contribution in [3.63, 3.8) is 0 Å². The molecule has 0 aromatic carbocycles. The zero-order valence-corrected chi connectivity index (χ0v) is 25.0. The van der Waals surface area contributed by atoms with Crippen molar-refractivity contribution >= 4 is 23.8 Å². The molecule has 10 nitrogen and oxygen atoms in total. The highest BCUT2D eigenvalue weighted by Gasteiger charge is 2.52. The summed E-state index contributed by atoms with van der Waals surface area (Å²) in [4.78, 5) is 27.4. The van der Waals surface area contributed by atoms with Crippen molar-refractivity contribution in [2.75, 3.05) is 18.9 Å². The van der Waals surface area contributed by atoms with Gasteiger partial charge in [0.1, 0.15) is 35.9 Å². The summed E-state index contributed by atoms with van der Waals surface area (Å²) in [5, 5.41) is 45.1. The summed E-state index contributed by atoms with van der Waals surface area (Å²) in [6.07, 6.45) is -0.813. The summed E-state index contributed by atoms with van der Waals surface area (Å²) < 4.78 is 12.3. The second-order valence-corrected chi connectivity index (χ2v) is 13.7. The number of thioether (sulfide) groups is 1. The quantitative estimate of drug-likeness (QED) is 0.231. The maximum absolute atomic E-state index is 13.9. The number of hydrogen-bond acceptors (Lipinski definition) is 8. The second kappa shape index (κ2) is 14.0. The molecule has 3 aliphatic rings. The maximum atomic E-state index is 13.9. The molecule has 3 rings (SSSR count). The lowest BCUT2D eigenvalue weighted by atomic mass is 9.81. The number of amides is 2. The van der Waals surface area contributed by atoms with Crippen LogP contribution in [0, 0.1) is 23.2 Å². The first-order valence-corrected chi connectivity index (χ1v) is 15.3. The van der Waals surface area contributed by atoms with Crippen LogP contribution in [0.5, 0.6) is 0 Å². The van der Waals surface area contributed by atoms with Gasteiger partial charge in [0.15, 0.2) is 0 Å². The molecule has 3 aliphatic heterocycles. The van der Waals surface area contributed by atoms with E-state index in [4.69, 9.17) is 9.47 Å². The fourth-order valence-corrected chi connectivity index (χ4v) is 7.19. The number of hydrogen-bond donors (Lipinski definition) is 5. The first kappa shape index (κ1) is 32.9. The Kier molecular flexibility index (Phi) is 11.5. The predicted octanol–water partition coefficient (Wildman–Crippen LogP) is 2.62. The van der Waals surface area contributed by atoms with Crippen LogP contribution in [0.4, 0.5) is 4.79 Å². The second-order valence-electron chi connectivity index (χ2n) is 12.6. The average Bonchev–Trinajstić information content (AvgIpc) is 3.13. The summed E-state index contributed by atoms with van der Waals surface area (Å²) in [5.74, 6) is 0.719. The molecule has 2 amide bonds. The zero-order valence-electron chi connectivity index (χ0n) is 24.1. The lowest BCUT2D eigenvalue weighted by Gasteiger charge is -2.45. The van der Waals surface area contributed by atoms with E-state index < -0.39 is 65.5 Å². The third-order valence-corrected chi connectivity index (χ3v) is 9.49. The number of allylic oxidation sites excluding steroid dienone is 1. The van der Waals surface area contributed by atoms with Crippen molar-refractivity contribution < 1.29 is 39.5 Å². The van der Waals surface area contributed by atoms with E-state index in [2.05, 4.69) is 32.3 Å². The number of carbonyl (C=O) groups is 2. The van der Waals surface area contributed by atoms with Crippen LogP contribution in [0.15, 0.2) is 25.3 Å². The lowest BCUT2D eigenvalue weighted by Crippen LogP contribution is -2.64. The van der Waals surface area contributed by atoms with E-state index in [0.29, 0.717) is 24.2 Å². The fraction of sp³-hybridized carbons (Fsp3) is 0.793. The molecule has 228 valence electrons. The number of fused-ring (bicyclic) bond motifs is 1. The fourth-order valence-electron chi connectivity index (χ4n) is 6.30. The highest BCUT2D eigenvalue weighted by atomic mass is 32.2. The topological polar surface area (TPSA) is 149 Å². The van der Waals surface area contributed by atoms with Gasteiger partial charge in [0.05, 0.1) is 12.1 Å². The van der Waals surface area contributed by atoms with Crippen molar-refractivity contribution in [1.82, 2.24) is 10.2 Å². The minimum Gasteiger partial charge on any atom is -0.465 e. The summed E-state index contributed by atoms with van der Waals surface area (Å²) in [7, 11) is 0. The Morgan fingerprint density at radius 2 is 1.88 bits per heavy atom. The Hall–Kier alpha value is -1.63. The van der Waals surface area contributed by atoms with Crippen molar-refractivity contribution in [1.29, 1.82) is 0 Å². The lowest BCUT2D eigenvalue weighted by molar-refractivity contribution is -0.206. The molecular formula is C29H48N2O8S. The Balaban J connectivity index is 1.88. The molecule has 0 bridgehead atoms. The van der Waals surface area contributed by atoms with Gasteiger partial charge in [0.25, 0.3) is 0 Å². The molecule has 0 aromatic heterocycles. The number of aliphatic hydroxyl groups is 3. The van der Waals surface area contributed by atoms with Crippen LogP contribution in [0.2, 0.25) is 0 Å². The Morgan fingerprint density at radius 1 is 1.18 bits per heavy atom. The van der Waals surface area contributed by atoms with Crippen LogP contribution in [-0.2, 0) is 14.3 Å². The molecule has 10 atom stereocenters. The van der Waals surface area contributed by atoms with Gasteiger partial charge < -0.3 is 35.2 Å². The highest BCUT2D eigenvalue weighted by Crippen LogP contribution is 2.38. The van der Waals surface area contributed by atoms with Gasteiger partial charge in [-0.1, -0.05) is 39.8 Å². The molecule has 11 heteroatoms. The van der Waals surface area contributed by atoms with Crippen molar-refractivity contribution in [2.45, 2.75) is 101 Å². The van der Waals surface area contributed by atoms with Crippen molar-refractivity contribution in [3.8, 4) is 0 Å². The zero-order chi connectivity index (χ0) is 29.8.